The van der Waals surface area contributed by atoms with Crippen LogP contribution in [-0.2, 0) is 17.6 Å². The smallest absolute Gasteiger partial charge is 0.148 e. The molecule has 4 heteroatoms. The van der Waals surface area contributed by atoms with Crippen molar-refractivity contribution in [2.45, 2.75) is 30.5 Å². The van der Waals surface area contributed by atoms with E-state index in [0.29, 0.717) is 6.42 Å². The summed E-state index contributed by atoms with van der Waals surface area (Å²) in [6.07, 6.45) is 8.39. The van der Waals surface area contributed by atoms with Crippen LogP contribution in [0.3, 0.4) is 0 Å². The van der Waals surface area contributed by atoms with Crippen LogP contribution in [0.2, 0.25) is 0 Å². The Kier molecular flexibility index (Phi) is 6.09. The van der Waals surface area contributed by atoms with Crippen molar-refractivity contribution in [2.75, 3.05) is 21.3 Å². The van der Waals surface area contributed by atoms with Gasteiger partial charge in [-0.15, -0.1) is 0 Å². The van der Waals surface area contributed by atoms with Crippen LogP contribution in [0.4, 0.5) is 0 Å². The van der Waals surface area contributed by atoms with Crippen LogP contribution in [0, 0.1) is 0 Å². The number of allylic oxidation sites excluding steroid dienone is 1. The third-order valence-electron chi connectivity index (χ3n) is 5.48. The van der Waals surface area contributed by atoms with Gasteiger partial charge in [0.05, 0.1) is 7.11 Å². The van der Waals surface area contributed by atoms with Gasteiger partial charge in [0.2, 0.25) is 0 Å². The van der Waals surface area contributed by atoms with Crippen molar-refractivity contribution in [1.82, 2.24) is 5.32 Å². The summed E-state index contributed by atoms with van der Waals surface area (Å²) in [5, 5.41) is 3.45. The molecule has 1 heterocycles. The molecule has 2 aromatic rings. The molecule has 0 aromatic heterocycles. The van der Waals surface area contributed by atoms with Crippen molar-refractivity contribution in [3.05, 3.63) is 77.9 Å². The maximum absolute atomic E-state index is 6.12. The molecule has 142 valence electrons. The van der Waals surface area contributed by atoms with E-state index in [9.17, 15) is 0 Å². The number of para-hydroxylation sites is 1. The zero-order chi connectivity index (χ0) is 19.2. The number of nitrogens with one attached hydrogen (secondary N) is 1. The summed E-state index contributed by atoms with van der Waals surface area (Å²) in [6, 6.07) is 18.6. The minimum atomic E-state index is -0.632. The van der Waals surface area contributed by atoms with Gasteiger partial charge in [-0.05, 0) is 43.2 Å². The molecule has 2 unspecified atom stereocenters. The lowest BCUT2D eigenvalue weighted by Gasteiger charge is -2.45. The van der Waals surface area contributed by atoms with Gasteiger partial charge in [-0.2, -0.15) is 0 Å². The molecular weight excluding hydrogens is 336 g/mol. The predicted molar refractivity (Wildman–Crippen MR) is 111 cm³/mol. The molecule has 0 amide bonds. The zero-order valence-corrected chi connectivity index (χ0v) is 16.3. The van der Waals surface area contributed by atoms with Crippen LogP contribution in [0.15, 0.2) is 71.7 Å². The van der Waals surface area contributed by atoms with Crippen LogP contribution in [0.25, 0.3) is 0 Å². The number of aliphatic imine (C=N–C) groups is 1. The number of benzene rings is 2. The van der Waals surface area contributed by atoms with Gasteiger partial charge < -0.3 is 9.47 Å². The van der Waals surface area contributed by atoms with E-state index in [-0.39, 0.29) is 0 Å². The fourth-order valence-electron chi connectivity index (χ4n) is 3.95. The lowest BCUT2D eigenvalue weighted by atomic mass is 9.78. The van der Waals surface area contributed by atoms with Gasteiger partial charge in [0.25, 0.3) is 0 Å². The summed E-state index contributed by atoms with van der Waals surface area (Å²) in [5.41, 5.74) is 1.22. The van der Waals surface area contributed by atoms with E-state index < -0.39 is 11.3 Å². The van der Waals surface area contributed by atoms with Crippen LogP contribution in [-0.4, -0.2) is 38.7 Å². The van der Waals surface area contributed by atoms with Gasteiger partial charge in [-0.3, -0.25) is 10.3 Å². The van der Waals surface area contributed by atoms with E-state index in [1.165, 1.54) is 5.56 Å². The summed E-state index contributed by atoms with van der Waals surface area (Å²) < 4.78 is 11.7. The van der Waals surface area contributed by atoms with Crippen molar-refractivity contribution in [2.24, 2.45) is 4.99 Å². The van der Waals surface area contributed by atoms with Crippen LogP contribution >= 0.6 is 0 Å². The first-order valence-corrected chi connectivity index (χ1v) is 9.31. The monoisotopic (exact) mass is 364 g/mol. The Labute approximate surface area is 161 Å². The normalized spacial score (nSPS) is 20.6. The second-order valence-electron chi connectivity index (χ2n) is 6.82. The van der Waals surface area contributed by atoms with E-state index in [0.717, 1.165) is 24.2 Å². The first kappa shape index (κ1) is 19.3. The standard InChI is InChI=1S/C23H28N2O2/c1-24-23(27-3,16-14-19-10-5-4-6-11-19)22(15-9-17-25-22)18-20-12-7-8-13-21(20)26-2/h4-13,15,17,24H,14,16,18H2,1-3H3. The highest BCUT2D eigenvalue weighted by Crippen LogP contribution is 2.39. The van der Waals surface area contributed by atoms with Gasteiger partial charge in [0.1, 0.15) is 17.0 Å². The quantitative estimate of drug-likeness (QED) is 0.688. The molecule has 4 nitrogen and oxygen atoms in total. The molecule has 0 fully saturated rings. The second kappa shape index (κ2) is 8.51. The lowest BCUT2D eigenvalue weighted by molar-refractivity contribution is -0.0826. The molecule has 3 rings (SSSR count). The minimum Gasteiger partial charge on any atom is -0.496 e. The first-order valence-electron chi connectivity index (χ1n) is 9.31. The van der Waals surface area contributed by atoms with E-state index in [1.807, 2.05) is 43.6 Å². The van der Waals surface area contributed by atoms with Crippen molar-refractivity contribution >= 4 is 6.21 Å². The third-order valence-corrected chi connectivity index (χ3v) is 5.48. The van der Waals surface area contributed by atoms with Crippen LogP contribution < -0.4 is 10.1 Å². The number of ether oxygens (including phenoxy) is 2. The van der Waals surface area contributed by atoms with Crippen molar-refractivity contribution < 1.29 is 9.47 Å². The molecule has 1 aliphatic heterocycles. The highest BCUT2D eigenvalue weighted by molar-refractivity contribution is 5.76. The molecule has 1 aliphatic rings. The molecule has 0 saturated heterocycles. The number of likely N-dealkylation sites (N-methyl/N-ethyl adjacent to an activating group) is 1. The molecule has 0 spiro atoms. The Hall–Kier alpha value is -2.43. The Balaban J connectivity index is 1.94. The fourth-order valence-corrected chi connectivity index (χ4v) is 3.95. The number of hydrogen-bond acceptors (Lipinski definition) is 4. The summed E-state index contributed by atoms with van der Waals surface area (Å²) in [7, 11) is 5.41. The number of nitrogens with zero attached hydrogens (tertiary/aromatic N) is 1. The Bertz CT molecular complexity index is 783. The maximum Gasteiger partial charge on any atom is 0.148 e. The van der Waals surface area contributed by atoms with Crippen molar-refractivity contribution in [1.29, 1.82) is 0 Å². The Morgan fingerprint density at radius 3 is 2.41 bits per heavy atom. The highest BCUT2D eigenvalue weighted by atomic mass is 16.5. The highest BCUT2D eigenvalue weighted by Gasteiger charge is 2.50. The molecule has 27 heavy (non-hydrogen) atoms. The van der Waals surface area contributed by atoms with Crippen molar-refractivity contribution in [3.8, 4) is 5.75 Å². The molecular formula is C23H28N2O2. The van der Waals surface area contributed by atoms with Gasteiger partial charge in [-0.1, -0.05) is 54.6 Å². The molecule has 0 saturated carbocycles. The van der Waals surface area contributed by atoms with Gasteiger partial charge in [-0.25, -0.2) is 0 Å². The zero-order valence-electron chi connectivity index (χ0n) is 16.3. The van der Waals surface area contributed by atoms with E-state index in [1.54, 1.807) is 14.2 Å². The predicted octanol–water partition coefficient (Wildman–Crippen LogP) is 3.81. The molecule has 0 radical (unpaired) electrons. The Morgan fingerprint density at radius 2 is 1.78 bits per heavy atom. The first-order chi connectivity index (χ1) is 13.2. The van der Waals surface area contributed by atoms with E-state index in [2.05, 4.69) is 41.7 Å². The second-order valence-corrected chi connectivity index (χ2v) is 6.82. The summed E-state index contributed by atoms with van der Waals surface area (Å²) in [6.45, 7) is 0. The number of rotatable bonds is 9. The number of methoxy groups -OCH3 is 2. The largest absolute Gasteiger partial charge is 0.496 e. The van der Waals surface area contributed by atoms with Crippen LogP contribution in [0.5, 0.6) is 5.75 Å². The summed E-state index contributed by atoms with van der Waals surface area (Å²) >= 11 is 0. The molecule has 2 atom stereocenters. The van der Waals surface area contributed by atoms with E-state index >= 15 is 0 Å². The number of hydrogen-bond donors (Lipinski definition) is 1. The third kappa shape index (κ3) is 3.82. The van der Waals surface area contributed by atoms with Crippen molar-refractivity contribution in [3.63, 3.8) is 0 Å². The van der Waals surface area contributed by atoms with Gasteiger partial charge in [0.15, 0.2) is 0 Å². The van der Waals surface area contributed by atoms with Gasteiger partial charge in [0, 0.05) is 19.7 Å². The molecule has 2 aromatic carbocycles. The SMILES string of the molecule is CNC(CCc1ccccc1)(OC)C1(Cc2ccccc2OC)C=CC=N1. The molecule has 0 aliphatic carbocycles. The average molecular weight is 364 g/mol. The lowest BCUT2D eigenvalue weighted by Crippen LogP contribution is -2.62. The van der Waals surface area contributed by atoms with Gasteiger partial charge >= 0.3 is 0 Å². The van der Waals surface area contributed by atoms with Crippen LogP contribution in [0.1, 0.15) is 17.5 Å². The molecule has 0 bridgehead atoms. The van der Waals surface area contributed by atoms with E-state index in [4.69, 9.17) is 14.5 Å². The maximum atomic E-state index is 6.12. The minimum absolute atomic E-state index is 0.542. The summed E-state index contributed by atoms with van der Waals surface area (Å²) in [4.78, 5) is 4.89. The molecule has 1 N–H and O–H groups in total. The Morgan fingerprint density at radius 1 is 1.04 bits per heavy atom. The fraction of sp³-hybridized carbons (Fsp3) is 0.348. The average Bonchev–Trinajstić information content (AvgIpc) is 3.20. The summed E-state index contributed by atoms with van der Waals surface area (Å²) in [5.74, 6) is 0.872. The number of aryl methyl sites for hydroxylation is 1. The topological polar surface area (TPSA) is 42.8 Å².